The second-order valence-electron chi connectivity index (χ2n) is 4.60. The minimum Gasteiger partial charge on any atom is -0.495 e. The SMILES string of the molecule is COc1cc(Br)c(N)cc1S(=O)(=O)NC(C)C(=O)N(C)C. The number of ether oxygens (including phenoxy) is 1. The number of nitrogens with two attached hydrogens (primary N) is 1. The summed E-state index contributed by atoms with van der Waals surface area (Å²) in [6.45, 7) is 1.47. The van der Waals surface area contributed by atoms with E-state index in [1.807, 2.05) is 0 Å². The predicted octanol–water partition coefficient (Wildman–Crippen LogP) is 0.795. The maximum Gasteiger partial charge on any atom is 0.245 e. The molecule has 0 aliphatic carbocycles. The Labute approximate surface area is 132 Å². The second kappa shape index (κ2) is 6.63. The van der Waals surface area contributed by atoms with Crippen molar-refractivity contribution in [2.75, 3.05) is 26.9 Å². The van der Waals surface area contributed by atoms with Crippen LogP contribution in [0, 0.1) is 0 Å². The number of halogens is 1. The highest BCUT2D eigenvalue weighted by Crippen LogP contribution is 2.32. The first kappa shape index (κ1) is 17.7. The summed E-state index contributed by atoms with van der Waals surface area (Å²) in [5.41, 5.74) is 5.96. The number of methoxy groups -OCH3 is 1. The first-order chi connectivity index (χ1) is 9.60. The van der Waals surface area contributed by atoms with E-state index in [9.17, 15) is 13.2 Å². The molecular weight excluding hydrogens is 362 g/mol. The van der Waals surface area contributed by atoms with E-state index in [-0.39, 0.29) is 22.2 Å². The van der Waals surface area contributed by atoms with Crippen LogP contribution in [0.15, 0.2) is 21.5 Å². The minimum absolute atomic E-state index is 0.121. The fourth-order valence-electron chi connectivity index (χ4n) is 1.65. The molecule has 0 fully saturated rings. The summed E-state index contributed by atoms with van der Waals surface area (Å²) in [7, 11) is 0.503. The number of nitrogens with one attached hydrogen (secondary N) is 1. The molecule has 0 radical (unpaired) electrons. The van der Waals surface area contributed by atoms with Gasteiger partial charge in [-0.3, -0.25) is 4.79 Å². The molecule has 0 bridgehead atoms. The van der Waals surface area contributed by atoms with Gasteiger partial charge >= 0.3 is 0 Å². The number of nitrogen functional groups attached to an aromatic ring is 1. The van der Waals surface area contributed by atoms with Gasteiger partial charge in [0.1, 0.15) is 10.6 Å². The largest absolute Gasteiger partial charge is 0.495 e. The maximum atomic E-state index is 12.4. The van der Waals surface area contributed by atoms with Crippen LogP contribution in [0.25, 0.3) is 0 Å². The van der Waals surface area contributed by atoms with Gasteiger partial charge in [0.2, 0.25) is 15.9 Å². The van der Waals surface area contributed by atoms with Crippen LogP contribution in [-0.2, 0) is 14.8 Å². The number of rotatable bonds is 5. The summed E-state index contributed by atoms with van der Waals surface area (Å²) in [5, 5.41) is 0. The lowest BCUT2D eigenvalue weighted by molar-refractivity contribution is -0.130. The average Bonchev–Trinajstić information content (AvgIpc) is 2.39. The van der Waals surface area contributed by atoms with Gasteiger partial charge in [0.25, 0.3) is 0 Å². The summed E-state index contributed by atoms with van der Waals surface area (Å²) < 4.78 is 32.6. The van der Waals surface area contributed by atoms with E-state index in [1.54, 1.807) is 14.1 Å². The topological polar surface area (TPSA) is 102 Å². The molecule has 0 aliphatic heterocycles. The van der Waals surface area contributed by atoms with Crippen LogP contribution in [0.2, 0.25) is 0 Å². The highest BCUT2D eigenvalue weighted by Gasteiger charge is 2.26. The third kappa shape index (κ3) is 4.08. The quantitative estimate of drug-likeness (QED) is 0.736. The summed E-state index contributed by atoms with van der Waals surface area (Å²) >= 11 is 3.20. The Morgan fingerprint density at radius 1 is 1.43 bits per heavy atom. The first-order valence-electron chi connectivity index (χ1n) is 5.96. The van der Waals surface area contributed by atoms with Crippen molar-refractivity contribution in [2.45, 2.75) is 17.9 Å². The molecule has 0 aromatic heterocycles. The Morgan fingerprint density at radius 3 is 2.48 bits per heavy atom. The van der Waals surface area contributed by atoms with Crippen molar-refractivity contribution in [3.8, 4) is 5.75 Å². The Bertz CT molecular complexity index is 646. The van der Waals surface area contributed by atoms with Crippen molar-refractivity contribution in [2.24, 2.45) is 0 Å². The number of amides is 1. The van der Waals surface area contributed by atoms with Crippen molar-refractivity contribution < 1.29 is 17.9 Å². The number of carbonyl (C=O) groups is 1. The number of benzene rings is 1. The average molecular weight is 380 g/mol. The molecule has 0 heterocycles. The highest BCUT2D eigenvalue weighted by molar-refractivity contribution is 9.10. The number of likely N-dealkylation sites (N-methyl/N-ethyl adjacent to an activating group) is 1. The lowest BCUT2D eigenvalue weighted by Gasteiger charge is -2.19. The molecule has 0 saturated heterocycles. The Morgan fingerprint density at radius 2 is 2.00 bits per heavy atom. The number of nitrogens with zero attached hydrogens (tertiary/aromatic N) is 1. The van der Waals surface area contributed by atoms with Crippen molar-refractivity contribution in [1.82, 2.24) is 9.62 Å². The number of sulfonamides is 1. The summed E-state index contributed by atoms with van der Waals surface area (Å²) in [6, 6.07) is 1.83. The fraction of sp³-hybridized carbons (Fsp3) is 0.417. The second-order valence-corrected chi connectivity index (χ2v) is 7.14. The van der Waals surface area contributed by atoms with Gasteiger partial charge in [-0.05, 0) is 35.0 Å². The van der Waals surface area contributed by atoms with Crippen LogP contribution in [-0.4, -0.2) is 46.5 Å². The molecule has 1 aromatic carbocycles. The van der Waals surface area contributed by atoms with E-state index in [0.29, 0.717) is 4.47 Å². The fourth-order valence-corrected chi connectivity index (χ4v) is 3.36. The predicted molar refractivity (Wildman–Crippen MR) is 83.6 cm³/mol. The van der Waals surface area contributed by atoms with Crippen molar-refractivity contribution in [3.63, 3.8) is 0 Å². The van der Waals surface area contributed by atoms with Crippen LogP contribution in [0.5, 0.6) is 5.75 Å². The molecule has 7 nitrogen and oxygen atoms in total. The molecule has 1 rings (SSSR count). The van der Waals surface area contributed by atoms with E-state index in [2.05, 4.69) is 20.7 Å². The molecule has 1 amide bonds. The smallest absolute Gasteiger partial charge is 0.245 e. The first-order valence-corrected chi connectivity index (χ1v) is 8.24. The summed E-state index contributed by atoms with van der Waals surface area (Å²) in [5.74, 6) is -0.226. The van der Waals surface area contributed by atoms with Gasteiger partial charge in [0.05, 0.1) is 13.2 Å². The molecular formula is C12H18BrN3O4S. The van der Waals surface area contributed by atoms with Gasteiger partial charge in [-0.2, -0.15) is 4.72 Å². The zero-order valence-electron chi connectivity index (χ0n) is 12.2. The number of hydrogen-bond acceptors (Lipinski definition) is 5. The Kier molecular flexibility index (Phi) is 5.60. The molecule has 1 aromatic rings. The van der Waals surface area contributed by atoms with Gasteiger partial charge < -0.3 is 15.4 Å². The lowest BCUT2D eigenvalue weighted by Crippen LogP contribution is -2.44. The Hall–Kier alpha value is -1.32. The third-order valence-electron chi connectivity index (χ3n) is 2.72. The normalized spacial score (nSPS) is 12.8. The molecule has 1 unspecified atom stereocenters. The van der Waals surface area contributed by atoms with E-state index < -0.39 is 16.1 Å². The van der Waals surface area contributed by atoms with Gasteiger partial charge in [0, 0.05) is 24.3 Å². The molecule has 1 atom stereocenters. The van der Waals surface area contributed by atoms with Crippen LogP contribution in [0.4, 0.5) is 5.69 Å². The third-order valence-corrected chi connectivity index (χ3v) is 4.96. The van der Waals surface area contributed by atoms with Gasteiger partial charge in [-0.25, -0.2) is 8.42 Å². The highest BCUT2D eigenvalue weighted by atomic mass is 79.9. The van der Waals surface area contributed by atoms with Gasteiger partial charge in [-0.15, -0.1) is 0 Å². The zero-order valence-corrected chi connectivity index (χ0v) is 14.6. The number of hydrogen-bond donors (Lipinski definition) is 2. The van der Waals surface area contributed by atoms with Crippen LogP contribution >= 0.6 is 15.9 Å². The zero-order chi connectivity index (χ0) is 16.4. The standard InChI is InChI=1S/C12H18BrN3O4S/c1-7(12(17)16(2)3)15-21(18,19)11-6-9(14)8(13)5-10(11)20-4/h5-7,15H,14H2,1-4H3. The molecule has 9 heteroatoms. The monoisotopic (exact) mass is 379 g/mol. The molecule has 3 N–H and O–H groups in total. The minimum atomic E-state index is -3.94. The molecule has 0 aliphatic rings. The number of carbonyl (C=O) groups excluding carboxylic acids is 1. The van der Waals surface area contributed by atoms with Crippen LogP contribution in [0.3, 0.4) is 0 Å². The Balaban J connectivity index is 3.20. The van der Waals surface area contributed by atoms with E-state index in [0.717, 1.165) is 0 Å². The summed E-state index contributed by atoms with van der Waals surface area (Å²) in [6.07, 6.45) is 0. The number of anilines is 1. The van der Waals surface area contributed by atoms with Crippen LogP contribution in [0.1, 0.15) is 6.92 Å². The van der Waals surface area contributed by atoms with Gasteiger partial charge in [0.15, 0.2) is 0 Å². The van der Waals surface area contributed by atoms with E-state index in [4.69, 9.17) is 10.5 Å². The molecule has 118 valence electrons. The van der Waals surface area contributed by atoms with Crippen molar-refractivity contribution in [3.05, 3.63) is 16.6 Å². The summed E-state index contributed by atoms with van der Waals surface area (Å²) in [4.78, 5) is 12.9. The molecule has 0 spiro atoms. The van der Waals surface area contributed by atoms with Crippen molar-refractivity contribution in [1.29, 1.82) is 0 Å². The van der Waals surface area contributed by atoms with Gasteiger partial charge in [-0.1, -0.05) is 0 Å². The van der Waals surface area contributed by atoms with Crippen LogP contribution < -0.4 is 15.2 Å². The lowest BCUT2D eigenvalue weighted by atomic mass is 10.3. The van der Waals surface area contributed by atoms with E-state index >= 15 is 0 Å². The molecule has 21 heavy (non-hydrogen) atoms. The molecule has 0 saturated carbocycles. The van der Waals surface area contributed by atoms with E-state index in [1.165, 1.54) is 31.1 Å². The van der Waals surface area contributed by atoms with Crippen molar-refractivity contribution >= 4 is 37.5 Å². The maximum absolute atomic E-state index is 12.4.